The van der Waals surface area contributed by atoms with Crippen LogP contribution in [0.4, 0.5) is 4.39 Å². The lowest BCUT2D eigenvalue weighted by molar-refractivity contribution is 0.0934. The monoisotopic (exact) mass is 291 g/mol. The van der Waals surface area contributed by atoms with Gasteiger partial charge in [0.2, 0.25) is 0 Å². The van der Waals surface area contributed by atoms with Gasteiger partial charge in [-0.1, -0.05) is 26.0 Å². The highest BCUT2D eigenvalue weighted by atomic mass is 32.1. The van der Waals surface area contributed by atoms with E-state index in [1.807, 2.05) is 19.1 Å². The molecule has 0 radical (unpaired) electrons. The summed E-state index contributed by atoms with van der Waals surface area (Å²) in [4.78, 5) is 13.7. The van der Waals surface area contributed by atoms with Crippen LogP contribution in [0.2, 0.25) is 0 Å². The molecule has 1 N–H and O–H groups in total. The largest absolute Gasteiger partial charge is 0.349 e. The molecular weight excluding hydrogens is 273 g/mol. The molecule has 1 atom stereocenters. The smallest absolute Gasteiger partial charge is 0.261 e. The highest BCUT2D eigenvalue weighted by Crippen LogP contribution is 2.28. The summed E-state index contributed by atoms with van der Waals surface area (Å²) in [6.07, 6.45) is 0. The third-order valence-electron chi connectivity index (χ3n) is 3.32. The van der Waals surface area contributed by atoms with Gasteiger partial charge in [-0.2, -0.15) is 0 Å². The molecule has 0 saturated heterocycles. The summed E-state index contributed by atoms with van der Waals surface area (Å²) in [5, 5.41) is 2.98. The second kappa shape index (κ2) is 6.18. The lowest BCUT2D eigenvalue weighted by atomic mass is 10.1. The normalized spacial score (nSPS) is 12.4. The molecule has 1 aromatic carbocycles. The van der Waals surface area contributed by atoms with Crippen molar-refractivity contribution in [2.45, 2.75) is 26.8 Å². The van der Waals surface area contributed by atoms with Crippen LogP contribution >= 0.6 is 11.3 Å². The third kappa shape index (κ3) is 3.45. The quantitative estimate of drug-likeness (QED) is 0.892. The number of benzene rings is 1. The number of rotatable bonds is 4. The van der Waals surface area contributed by atoms with Crippen molar-refractivity contribution in [1.82, 2.24) is 5.32 Å². The van der Waals surface area contributed by atoms with E-state index in [1.165, 1.54) is 23.5 Å². The maximum absolute atomic E-state index is 12.9. The fraction of sp³-hybridized carbons (Fsp3) is 0.312. The number of hydrogen-bond acceptors (Lipinski definition) is 2. The van der Waals surface area contributed by atoms with Crippen molar-refractivity contribution in [3.8, 4) is 10.4 Å². The topological polar surface area (TPSA) is 29.1 Å². The Kier molecular flexibility index (Phi) is 4.55. The lowest BCUT2D eigenvalue weighted by Crippen LogP contribution is -2.35. The van der Waals surface area contributed by atoms with Gasteiger partial charge in [-0.25, -0.2) is 4.39 Å². The van der Waals surface area contributed by atoms with Crippen LogP contribution in [-0.2, 0) is 0 Å². The minimum absolute atomic E-state index is 0.0513. The summed E-state index contributed by atoms with van der Waals surface area (Å²) in [6, 6.07) is 10.1. The minimum Gasteiger partial charge on any atom is -0.349 e. The van der Waals surface area contributed by atoms with Gasteiger partial charge in [0.25, 0.3) is 5.91 Å². The van der Waals surface area contributed by atoms with Crippen molar-refractivity contribution in [1.29, 1.82) is 0 Å². The van der Waals surface area contributed by atoms with Crippen LogP contribution in [0.5, 0.6) is 0 Å². The number of nitrogens with one attached hydrogen (secondary N) is 1. The number of amides is 1. The number of hydrogen-bond donors (Lipinski definition) is 1. The predicted molar refractivity (Wildman–Crippen MR) is 81.5 cm³/mol. The molecule has 2 nitrogen and oxygen atoms in total. The molecule has 0 saturated carbocycles. The summed E-state index contributed by atoms with van der Waals surface area (Å²) >= 11 is 1.42. The van der Waals surface area contributed by atoms with E-state index in [9.17, 15) is 9.18 Å². The summed E-state index contributed by atoms with van der Waals surface area (Å²) in [5.74, 6) is 0.0917. The van der Waals surface area contributed by atoms with E-state index < -0.39 is 0 Å². The van der Waals surface area contributed by atoms with E-state index in [-0.39, 0.29) is 17.8 Å². The summed E-state index contributed by atoms with van der Waals surface area (Å²) in [5.41, 5.74) is 0.923. The molecule has 1 unspecified atom stereocenters. The molecule has 4 heteroatoms. The van der Waals surface area contributed by atoms with Gasteiger partial charge in [0.15, 0.2) is 0 Å². The van der Waals surface area contributed by atoms with Crippen molar-refractivity contribution in [3.05, 3.63) is 47.1 Å². The second-order valence-electron chi connectivity index (χ2n) is 5.18. The molecule has 1 amide bonds. The highest BCUT2D eigenvalue weighted by Gasteiger charge is 2.14. The SMILES string of the molecule is CC(C)C(C)NC(=O)c1ccc(-c2ccc(F)cc2)s1. The van der Waals surface area contributed by atoms with E-state index in [4.69, 9.17) is 0 Å². The second-order valence-corrected chi connectivity index (χ2v) is 6.26. The Hall–Kier alpha value is -1.68. The zero-order valence-corrected chi connectivity index (χ0v) is 12.6. The molecule has 2 aromatic rings. The number of carbonyl (C=O) groups is 1. The first kappa shape index (κ1) is 14.7. The lowest BCUT2D eigenvalue weighted by Gasteiger charge is -2.16. The third-order valence-corrected chi connectivity index (χ3v) is 4.45. The first-order valence-electron chi connectivity index (χ1n) is 6.64. The van der Waals surface area contributed by atoms with Crippen LogP contribution in [0.1, 0.15) is 30.4 Å². The molecule has 0 fully saturated rings. The van der Waals surface area contributed by atoms with E-state index in [2.05, 4.69) is 19.2 Å². The Labute approximate surface area is 122 Å². The van der Waals surface area contributed by atoms with E-state index >= 15 is 0 Å². The summed E-state index contributed by atoms with van der Waals surface area (Å²) < 4.78 is 12.9. The van der Waals surface area contributed by atoms with Crippen LogP contribution in [-0.4, -0.2) is 11.9 Å². The average molecular weight is 291 g/mol. The van der Waals surface area contributed by atoms with Gasteiger partial charge in [0.1, 0.15) is 5.82 Å². The molecule has 0 bridgehead atoms. The Morgan fingerprint density at radius 2 is 1.75 bits per heavy atom. The van der Waals surface area contributed by atoms with Crippen LogP contribution in [0.3, 0.4) is 0 Å². The highest BCUT2D eigenvalue weighted by molar-refractivity contribution is 7.17. The first-order chi connectivity index (χ1) is 9.47. The fourth-order valence-corrected chi connectivity index (χ4v) is 2.59. The molecule has 0 aliphatic rings. The van der Waals surface area contributed by atoms with Gasteiger partial charge < -0.3 is 5.32 Å². The van der Waals surface area contributed by atoms with E-state index in [0.29, 0.717) is 10.8 Å². The van der Waals surface area contributed by atoms with E-state index in [1.54, 1.807) is 12.1 Å². The zero-order chi connectivity index (χ0) is 14.7. The van der Waals surface area contributed by atoms with Crippen LogP contribution in [0, 0.1) is 11.7 Å². The number of thiophene rings is 1. The van der Waals surface area contributed by atoms with Crippen LogP contribution in [0.15, 0.2) is 36.4 Å². The maximum atomic E-state index is 12.9. The van der Waals surface area contributed by atoms with Gasteiger partial charge in [-0.3, -0.25) is 4.79 Å². The van der Waals surface area contributed by atoms with Crippen molar-refractivity contribution in [2.24, 2.45) is 5.92 Å². The van der Waals surface area contributed by atoms with Gasteiger partial charge in [0.05, 0.1) is 4.88 Å². The number of halogens is 1. The Balaban J connectivity index is 2.12. The summed E-state index contributed by atoms with van der Waals surface area (Å²) in [6.45, 7) is 6.14. The van der Waals surface area contributed by atoms with Crippen LogP contribution < -0.4 is 5.32 Å². The van der Waals surface area contributed by atoms with Crippen molar-refractivity contribution in [2.75, 3.05) is 0 Å². The van der Waals surface area contributed by atoms with Gasteiger partial charge >= 0.3 is 0 Å². The van der Waals surface area contributed by atoms with Gasteiger partial charge in [0, 0.05) is 10.9 Å². The Bertz CT molecular complexity index is 589. The molecular formula is C16H18FNOS. The fourth-order valence-electron chi connectivity index (χ4n) is 1.67. The van der Waals surface area contributed by atoms with E-state index in [0.717, 1.165) is 10.4 Å². The predicted octanol–water partition coefficient (Wildman–Crippen LogP) is 4.33. The Morgan fingerprint density at radius 1 is 1.10 bits per heavy atom. The molecule has 2 rings (SSSR count). The Morgan fingerprint density at radius 3 is 2.35 bits per heavy atom. The molecule has 0 aliphatic carbocycles. The standard InChI is InChI=1S/C16H18FNOS/c1-10(2)11(3)18-16(19)15-9-8-14(20-15)12-4-6-13(17)7-5-12/h4-11H,1-3H3,(H,18,19). The van der Waals surface area contributed by atoms with Crippen LogP contribution in [0.25, 0.3) is 10.4 Å². The van der Waals surface area contributed by atoms with Gasteiger partial charge in [-0.15, -0.1) is 11.3 Å². The summed E-state index contributed by atoms with van der Waals surface area (Å²) in [7, 11) is 0. The van der Waals surface area contributed by atoms with Crippen molar-refractivity contribution >= 4 is 17.2 Å². The molecule has 0 spiro atoms. The van der Waals surface area contributed by atoms with Crippen molar-refractivity contribution < 1.29 is 9.18 Å². The molecule has 1 heterocycles. The minimum atomic E-state index is -0.256. The van der Waals surface area contributed by atoms with Crippen molar-refractivity contribution in [3.63, 3.8) is 0 Å². The first-order valence-corrected chi connectivity index (χ1v) is 7.45. The zero-order valence-electron chi connectivity index (χ0n) is 11.8. The maximum Gasteiger partial charge on any atom is 0.261 e. The molecule has 106 valence electrons. The molecule has 1 aromatic heterocycles. The van der Waals surface area contributed by atoms with Gasteiger partial charge in [-0.05, 0) is 42.7 Å². The molecule has 20 heavy (non-hydrogen) atoms. The molecule has 0 aliphatic heterocycles. The number of carbonyl (C=O) groups excluding carboxylic acids is 1. The average Bonchev–Trinajstić information content (AvgIpc) is 2.89.